The predicted octanol–water partition coefficient (Wildman–Crippen LogP) is 5.44. The summed E-state index contributed by atoms with van der Waals surface area (Å²) in [7, 11) is 0. The summed E-state index contributed by atoms with van der Waals surface area (Å²) in [4.78, 5) is 17.5. The Morgan fingerprint density at radius 1 is 1.07 bits per heavy atom. The molecule has 1 aromatic carbocycles. The normalized spacial score (nSPS) is 12.6. The van der Waals surface area contributed by atoms with Gasteiger partial charge in [0.25, 0.3) is 0 Å². The summed E-state index contributed by atoms with van der Waals surface area (Å²) in [5, 5.41) is 15.0. The molecule has 0 saturated carbocycles. The SMILES string of the molecule is CC(C)(C)CC(C)(C)Nc1c(-c2c(O)c3ccccc3oc2=O)nc2ccccn12. The van der Waals surface area contributed by atoms with E-state index in [0.29, 0.717) is 28.1 Å². The molecule has 3 aromatic heterocycles. The Bertz CT molecular complexity index is 1290. The minimum atomic E-state index is -0.619. The van der Waals surface area contributed by atoms with Crippen molar-refractivity contribution in [2.24, 2.45) is 5.41 Å². The van der Waals surface area contributed by atoms with Gasteiger partial charge in [-0.15, -0.1) is 0 Å². The molecule has 0 fully saturated rings. The van der Waals surface area contributed by atoms with Gasteiger partial charge in [0.1, 0.15) is 34.1 Å². The number of aromatic hydroxyl groups is 1. The molecule has 4 aromatic rings. The highest BCUT2D eigenvalue weighted by Gasteiger charge is 2.30. The number of rotatable bonds is 4. The fourth-order valence-electron chi connectivity index (χ4n) is 4.32. The van der Waals surface area contributed by atoms with Gasteiger partial charge in [-0.25, -0.2) is 9.78 Å². The molecule has 6 heteroatoms. The zero-order valence-corrected chi connectivity index (χ0v) is 18.0. The molecule has 0 unspecified atom stereocenters. The average molecular weight is 405 g/mol. The average Bonchev–Trinajstić information content (AvgIpc) is 2.97. The van der Waals surface area contributed by atoms with Crippen LogP contribution in [0.2, 0.25) is 0 Å². The van der Waals surface area contributed by atoms with E-state index in [4.69, 9.17) is 4.42 Å². The van der Waals surface area contributed by atoms with Crippen molar-refractivity contribution in [1.29, 1.82) is 0 Å². The van der Waals surface area contributed by atoms with Gasteiger partial charge < -0.3 is 14.8 Å². The summed E-state index contributed by atoms with van der Waals surface area (Å²) >= 11 is 0. The lowest BCUT2D eigenvalue weighted by molar-refractivity contribution is 0.302. The number of hydrogen-bond acceptors (Lipinski definition) is 5. The van der Waals surface area contributed by atoms with E-state index in [-0.39, 0.29) is 22.3 Å². The number of aromatic nitrogens is 2. The minimum absolute atomic E-state index is 0.0615. The molecular formula is C24H27N3O3. The number of pyridine rings is 1. The predicted molar refractivity (Wildman–Crippen MR) is 120 cm³/mol. The van der Waals surface area contributed by atoms with Crippen molar-refractivity contribution in [3.63, 3.8) is 0 Å². The summed E-state index contributed by atoms with van der Waals surface area (Å²) in [5.41, 5.74) is 0.647. The first-order valence-electron chi connectivity index (χ1n) is 10.1. The second-order valence-electron chi connectivity index (χ2n) is 9.59. The van der Waals surface area contributed by atoms with E-state index >= 15 is 0 Å². The minimum Gasteiger partial charge on any atom is -0.506 e. The summed E-state index contributed by atoms with van der Waals surface area (Å²) in [6, 6.07) is 12.6. The van der Waals surface area contributed by atoms with Crippen molar-refractivity contribution in [3.05, 3.63) is 59.1 Å². The zero-order chi connectivity index (χ0) is 21.7. The van der Waals surface area contributed by atoms with E-state index in [1.54, 1.807) is 24.3 Å². The van der Waals surface area contributed by atoms with Crippen molar-refractivity contribution in [2.75, 3.05) is 5.32 Å². The van der Waals surface area contributed by atoms with Crippen LogP contribution in [0.5, 0.6) is 5.75 Å². The van der Waals surface area contributed by atoms with Gasteiger partial charge in [0.15, 0.2) is 0 Å². The Morgan fingerprint density at radius 3 is 2.50 bits per heavy atom. The summed E-state index contributed by atoms with van der Waals surface area (Å²) in [5.74, 6) is 0.527. The highest BCUT2D eigenvalue weighted by atomic mass is 16.4. The van der Waals surface area contributed by atoms with Crippen LogP contribution < -0.4 is 10.9 Å². The van der Waals surface area contributed by atoms with Crippen LogP contribution >= 0.6 is 0 Å². The largest absolute Gasteiger partial charge is 0.506 e. The highest BCUT2D eigenvalue weighted by Crippen LogP contribution is 2.38. The molecule has 4 rings (SSSR count). The Hall–Kier alpha value is -3.28. The smallest absolute Gasteiger partial charge is 0.349 e. The van der Waals surface area contributed by atoms with Gasteiger partial charge in [-0.1, -0.05) is 39.0 Å². The molecule has 0 aliphatic heterocycles. The molecule has 0 saturated heterocycles. The lowest BCUT2D eigenvalue weighted by Gasteiger charge is -2.34. The first-order valence-corrected chi connectivity index (χ1v) is 10.1. The van der Waals surface area contributed by atoms with E-state index in [9.17, 15) is 9.90 Å². The van der Waals surface area contributed by atoms with Crippen LogP contribution in [0.15, 0.2) is 57.9 Å². The molecule has 0 bridgehead atoms. The van der Waals surface area contributed by atoms with Gasteiger partial charge in [0.2, 0.25) is 0 Å². The third-order valence-corrected chi connectivity index (χ3v) is 4.98. The molecule has 156 valence electrons. The molecule has 0 radical (unpaired) electrons. The maximum Gasteiger partial charge on any atom is 0.349 e. The van der Waals surface area contributed by atoms with E-state index in [0.717, 1.165) is 6.42 Å². The Kier molecular flexibility index (Phi) is 4.60. The fourth-order valence-corrected chi connectivity index (χ4v) is 4.32. The monoisotopic (exact) mass is 405 g/mol. The molecular weight excluding hydrogens is 378 g/mol. The second kappa shape index (κ2) is 6.90. The number of hydrogen-bond donors (Lipinski definition) is 2. The molecule has 2 N–H and O–H groups in total. The van der Waals surface area contributed by atoms with Crippen LogP contribution in [0.1, 0.15) is 41.0 Å². The Morgan fingerprint density at radius 2 is 1.77 bits per heavy atom. The Balaban J connectivity index is 1.96. The van der Waals surface area contributed by atoms with Gasteiger partial charge in [-0.05, 0) is 49.9 Å². The van der Waals surface area contributed by atoms with Crippen LogP contribution in [0.3, 0.4) is 0 Å². The topological polar surface area (TPSA) is 79.8 Å². The number of benzene rings is 1. The van der Waals surface area contributed by atoms with Crippen molar-refractivity contribution >= 4 is 22.4 Å². The van der Waals surface area contributed by atoms with E-state index < -0.39 is 5.63 Å². The van der Waals surface area contributed by atoms with Crippen LogP contribution in [0.4, 0.5) is 5.82 Å². The third kappa shape index (κ3) is 3.65. The number of nitrogens with one attached hydrogen (secondary N) is 1. The third-order valence-electron chi connectivity index (χ3n) is 4.98. The van der Waals surface area contributed by atoms with Crippen molar-refractivity contribution < 1.29 is 9.52 Å². The second-order valence-corrected chi connectivity index (χ2v) is 9.59. The van der Waals surface area contributed by atoms with Crippen LogP contribution in [0.25, 0.3) is 27.9 Å². The van der Waals surface area contributed by atoms with E-state index in [2.05, 4.69) is 44.9 Å². The van der Waals surface area contributed by atoms with Crippen molar-refractivity contribution in [1.82, 2.24) is 9.38 Å². The number of anilines is 1. The summed E-state index contributed by atoms with van der Waals surface area (Å²) in [6.07, 6.45) is 2.78. The van der Waals surface area contributed by atoms with Crippen LogP contribution in [-0.4, -0.2) is 20.0 Å². The van der Waals surface area contributed by atoms with Gasteiger partial charge >= 0.3 is 5.63 Å². The molecule has 30 heavy (non-hydrogen) atoms. The molecule has 6 nitrogen and oxygen atoms in total. The maximum atomic E-state index is 12.9. The Labute approximate surface area is 175 Å². The van der Waals surface area contributed by atoms with E-state index in [1.807, 2.05) is 28.8 Å². The summed E-state index contributed by atoms with van der Waals surface area (Å²) in [6.45, 7) is 10.8. The lowest BCUT2D eigenvalue weighted by atomic mass is 9.82. The van der Waals surface area contributed by atoms with Gasteiger partial charge in [0.05, 0.1) is 5.39 Å². The molecule has 0 aliphatic rings. The summed E-state index contributed by atoms with van der Waals surface area (Å²) < 4.78 is 7.39. The van der Waals surface area contributed by atoms with Gasteiger partial charge in [0, 0.05) is 11.7 Å². The van der Waals surface area contributed by atoms with Gasteiger partial charge in [-0.2, -0.15) is 0 Å². The lowest BCUT2D eigenvalue weighted by Crippen LogP contribution is -2.36. The first-order chi connectivity index (χ1) is 14.1. The number of nitrogens with zero attached hydrogens (tertiary/aromatic N) is 2. The first kappa shape index (κ1) is 20.0. The molecule has 3 heterocycles. The molecule has 0 amide bonds. The van der Waals surface area contributed by atoms with E-state index in [1.165, 1.54) is 0 Å². The van der Waals surface area contributed by atoms with Gasteiger partial charge in [-0.3, -0.25) is 4.40 Å². The number of para-hydroxylation sites is 1. The number of imidazole rings is 1. The van der Waals surface area contributed by atoms with Crippen molar-refractivity contribution in [2.45, 2.75) is 46.6 Å². The fraction of sp³-hybridized carbons (Fsp3) is 0.333. The quantitative estimate of drug-likeness (QED) is 0.442. The maximum absolute atomic E-state index is 12.9. The number of fused-ring (bicyclic) bond motifs is 2. The standard InChI is InChI=1S/C24H27N3O3/c1-23(2,3)14-24(4,5)26-21-19(25-17-12-8-9-13-27(17)21)18-20(28)15-10-6-7-11-16(15)30-22(18)29/h6-13,26,28H,14H2,1-5H3. The molecule has 0 atom stereocenters. The zero-order valence-electron chi connectivity index (χ0n) is 18.0. The van der Waals surface area contributed by atoms with Crippen molar-refractivity contribution in [3.8, 4) is 17.0 Å². The highest BCUT2D eigenvalue weighted by molar-refractivity contribution is 5.92. The molecule has 0 spiro atoms. The van der Waals surface area contributed by atoms with Crippen LogP contribution in [-0.2, 0) is 0 Å². The molecule has 0 aliphatic carbocycles. The van der Waals surface area contributed by atoms with Crippen LogP contribution in [0, 0.1) is 5.41 Å².